The van der Waals surface area contributed by atoms with Gasteiger partial charge in [0.1, 0.15) is 12.1 Å². The van der Waals surface area contributed by atoms with Gasteiger partial charge < -0.3 is 14.9 Å². The molecule has 4 rings (SSSR count). The van der Waals surface area contributed by atoms with Gasteiger partial charge in [-0.2, -0.15) is 5.10 Å². The number of likely N-dealkylation sites (tertiary alicyclic amines) is 1. The number of carboxylic acid groups (broad SMARTS) is 1. The maximum absolute atomic E-state index is 11.7. The first-order valence-electron chi connectivity index (χ1n) is 9.45. The van der Waals surface area contributed by atoms with Crippen molar-refractivity contribution in [1.29, 1.82) is 0 Å². The van der Waals surface area contributed by atoms with Crippen LogP contribution in [0.15, 0.2) is 41.7 Å². The Morgan fingerprint density at radius 3 is 2.43 bits per heavy atom. The SMILES string of the molecule is CN(c1ncnc2c1cnn2-c1ccc(S(C)(=O)=O)cc1)C1CCN(C(=O)O)CC1. The van der Waals surface area contributed by atoms with Crippen LogP contribution in [0.25, 0.3) is 16.7 Å². The van der Waals surface area contributed by atoms with Gasteiger partial charge in [-0.25, -0.2) is 27.9 Å². The first-order chi connectivity index (χ1) is 14.3. The van der Waals surface area contributed by atoms with Crippen LogP contribution in [0, 0.1) is 0 Å². The minimum Gasteiger partial charge on any atom is -0.465 e. The fourth-order valence-electron chi connectivity index (χ4n) is 3.75. The fourth-order valence-corrected chi connectivity index (χ4v) is 4.38. The highest BCUT2D eigenvalue weighted by Gasteiger charge is 2.27. The van der Waals surface area contributed by atoms with Gasteiger partial charge in [0.15, 0.2) is 15.5 Å². The van der Waals surface area contributed by atoms with Gasteiger partial charge in [-0.3, -0.25) is 0 Å². The second-order valence-corrected chi connectivity index (χ2v) is 9.38. The van der Waals surface area contributed by atoms with Crippen molar-refractivity contribution in [2.75, 3.05) is 31.3 Å². The summed E-state index contributed by atoms with van der Waals surface area (Å²) in [5.41, 5.74) is 1.31. The van der Waals surface area contributed by atoms with Crippen LogP contribution in [0.2, 0.25) is 0 Å². The highest BCUT2D eigenvalue weighted by atomic mass is 32.2. The molecule has 0 unspecified atom stereocenters. The lowest BCUT2D eigenvalue weighted by Crippen LogP contribution is -2.45. The Morgan fingerprint density at radius 2 is 1.83 bits per heavy atom. The number of amides is 1. The number of hydrogen-bond donors (Lipinski definition) is 1. The summed E-state index contributed by atoms with van der Waals surface area (Å²) in [5.74, 6) is 0.729. The number of hydrogen-bond acceptors (Lipinski definition) is 7. The number of sulfone groups is 1. The quantitative estimate of drug-likeness (QED) is 0.665. The molecule has 11 heteroatoms. The van der Waals surface area contributed by atoms with Gasteiger partial charge in [0, 0.05) is 32.4 Å². The molecule has 3 aromatic rings. The lowest BCUT2D eigenvalue weighted by Gasteiger charge is -2.36. The normalized spacial score (nSPS) is 15.5. The zero-order chi connectivity index (χ0) is 21.5. The maximum Gasteiger partial charge on any atom is 0.407 e. The molecule has 1 N–H and O–H groups in total. The molecular formula is C19H22N6O4S. The number of carbonyl (C=O) groups is 1. The maximum atomic E-state index is 11.7. The van der Waals surface area contributed by atoms with E-state index in [1.807, 2.05) is 7.05 Å². The Morgan fingerprint density at radius 1 is 1.17 bits per heavy atom. The van der Waals surface area contributed by atoms with Gasteiger partial charge in [-0.15, -0.1) is 0 Å². The monoisotopic (exact) mass is 430 g/mol. The van der Waals surface area contributed by atoms with E-state index >= 15 is 0 Å². The zero-order valence-corrected chi connectivity index (χ0v) is 17.4. The molecule has 1 fully saturated rings. The number of piperidine rings is 1. The first-order valence-corrected chi connectivity index (χ1v) is 11.3. The Hall–Kier alpha value is -3.21. The third-order valence-corrected chi connectivity index (χ3v) is 6.60. The van der Waals surface area contributed by atoms with Crippen molar-refractivity contribution >= 4 is 32.8 Å². The third-order valence-electron chi connectivity index (χ3n) is 5.47. The Balaban J connectivity index is 1.63. The number of anilines is 1. The van der Waals surface area contributed by atoms with Crippen LogP contribution >= 0.6 is 0 Å². The molecule has 0 saturated carbocycles. The lowest BCUT2D eigenvalue weighted by molar-refractivity contribution is 0.132. The Bertz CT molecular complexity index is 1180. The van der Waals surface area contributed by atoms with Crippen molar-refractivity contribution in [2.24, 2.45) is 0 Å². The molecular weight excluding hydrogens is 408 g/mol. The van der Waals surface area contributed by atoms with Gasteiger partial charge >= 0.3 is 6.09 Å². The number of rotatable bonds is 4. The largest absolute Gasteiger partial charge is 0.465 e. The predicted molar refractivity (Wildman–Crippen MR) is 111 cm³/mol. The molecule has 158 valence electrons. The molecule has 2 aromatic heterocycles. The molecule has 1 saturated heterocycles. The molecule has 1 aliphatic rings. The standard InChI is InChI=1S/C19H22N6O4S/c1-23(13-7-9-24(10-8-13)19(26)27)17-16-11-22-25(18(16)21-12-20-17)14-3-5-15(6-4-14)30(2,28)29/h3-6,11-13H,7-10H2,1-2H3,(H,26,27). The summed E-state index contributed by atoms with van der Waals surface area (Å²) in [6, 6.07) is 6.63. The summed E-state index contributed by atoms with van der Waals surface area (Å²) >= 11 is 0. The number of fused-ring (bicyclic) bond motifs is 1. The molecule has 0 atom stereocenters. The van der Waals surface area contributed by atoms with Gasteiger partial charge in [0.2, 0.25) is 0 Å². The summed E-state index contributed by atoms with van der Waals surface area (Å²) in [6.45, 7) is 0.981. The second-order valence-electron chi connectivity index (χ2n) is 7.37. The summed E-state index contributed by atoms with van der Waals surface area (Å²) in [7, 11) is -1.33. The molecule has 0 aliphatic carbocycles. The Kier molecular flexibility index (Phi) is 5.06. The van der Waals surface area contributed by atoms with Crippen LogP contribution in [0.5, 0.6) is 0 Å². The van der Waals surface area contributed by atoms with Crippen molar-refractivity contribution in [1.82, 2.24) is 24.6 Å². The van der Waals surface area contributed by atoms with E-state index in [2.05, 4.69) is 20.0 Å². The number of benzene rings is 1. The highest BCUT2D eigenvalue weighted by Crippen LogP contribution is 2.28. The Labute approximate surface area is 173 Å². The van der Waals surface area contributed by atoms with Crippen LogP contribution in [-0.2, 0) is 9.84 Å². The van der Waals surface area contributed by atoms with Crippen LogP contribution < -0.4 is 4.90 Å². The van der Waals surface area contributed by atoms with Crippen LogP contribution in [0.1, 0.15) is 12.8 Å². The smallest absolute Gasteiger partial charge is 0.407 e. The molecule has 0 spiro atoms. The van der Waals surface area contributed by atoms with Crippen LogP contribution in [-0.4, -0.2) is 76.7 Å². The fraction of sp³-hybridized carbons (Fsp3) is 0.368. The third kappa shape index (κ3) is 3.67. The van der Waals surface area contributed by atoms with E-state index in [9.17, 15) is 13.2 Å². The van der Waals surface area contributed by atoms with E-state index in [1.54, 1.807) is 35.1 Å². The first kappa shape index (κ1) is 20.1. The molecule has 3 heterocycles. The second kappa shape index (κ2) is 7.56. The van der Waals surface area contributed by atoms with Gasteiger partial charge in [0.25, 0.3) is 0 Å². The van der Waals surface area contributed by atoms with Crippen LogP contribution in [0.4, 0.5) is 10.6 Å². The van der Waals surface area contributed by atoms with Crippen molar-refractivity contribution in [3.05, 3.63) is 36.8 Å². The van der Waals surface area contributed by atoms with Crippen molar-refractivity contribution in [2.45, 2.75) is 23.8 Å². The summed E-state index contributed by atoms with van der Waals surface area (Å²) in [4.78, 5) is 23.7. The highest BCUT2D eigenvalue weighted by molar-refractivity contribution is 7.90. The lowest BCUT2D eigenvalue weighted by atomic mass is 10.0. The van der Waals surface area contributed by atoms with E-state index in [0.717, 1.165) is 24.0 Å². The number of aromatic nitrogens is 4. The number of nitrogens with zero attached hydrogens (tertiary/aromatic N) is 6. The van der Waals surface area contributed by atoms with Crippen molar-refractivity contribution < 1.29 is 18.3 Å². The summed E-state index contributed by atoms with van der Waals surface area (Å²) in [5, 5.41) is 14.3. The summed E-state index contributed by atoms with van der Waals surface area (Å²) in [6.07, 6.45) is 4.89. The molecule has 1 amide bonds. The zero-order valence-electron chi connectivity index (χ0n) is 16.6. The molecule has 0 radical (unpaired) electrons. The van der Waals surface area contributed by atoms with Gasteiger partial charge in [0.05, 0.1) is 22.2 Å². The molecule has 1 aromatic carbocycles. The summed E-state index contributed by atoms with van der Waals surface area (Å²) < 4.78 is 25.0. The topological polar surface area (TPSA) is 122 Å². The van der Waals surface area contributed by atoms with E-state index in [4.69, 9.17) is 5.11 Å². The minimum absolute atomic E-state index is 0.163. The van der Waals surface area contributed by atoms with Gasteiger partial charge in [-0.1, -0.05) is 0 Å². The average Bonchev–Trinajstić information content (AvgIpc) is 3.17. The molecule has 0 bridgehead atoms. The molecule has 10 nitrogen and oxygen atoms in total. The molecule has 30 heavy (non-hydrogen) atoms. The van der Waals surface area contributed by atoms with Crippen molar-refractivity contribution in [3.63, 3.8) is 0 Å². The van der Waals surface area contributed by atoms with E-state index in [-0.39, 0.29) is 10.9 Å². The van der Waals surface area contributed by atoms with Gasteiger partial charge in [-0.05, 0) is 37.1 Å². The van der Waals surface area contributed by atoms with E-state index in [1.165, 1.54) is 17.5 Å². The van der Waals surface area contributed by atoms with Crippen LogP contribution in [0.3, 0.4) is 0 Å². The van der Waals surface area contributed by atoms with E-state index in [0.29, 0.717) is 24.4 Å². The predicted octanol–water partition coefficient (Wildman–Crippen LogP) is 1.80. The average molecular weight is 430 g/mol. The van der Waals surface area contributed by atoms with E-state index < -0.39 is 15.9 Å². The van der Waals surface area contributed by atoms with Crippen molar-refractivity contribution in [3.8, 4) is 5.69 Å². The molecule has 1 aliphatic heterocycles. The minimum atomic E-state index is -3.27.